The number of rotatable bonds is 2. The molecule has 0 atom stereocenters. The van der Waals surface area contributed by atoms with Crippen LogP contribution in [0.2, 0.25) is 0 Å². The van der Waals surface area contributed by atoms with Gasteiger partial charge in [0.1, 0.15) is 0 Å². The van der Waals surface area contributed by atoms with Gasteiger partial charge in [-0.3, -0.25) is 4.79 Å². The molecule has 4 nitrogen and oxygen atoms in total. The highest BCUT2D eigenvalue weighted by Crippen LogP contribution is 2.27. The van der Waals surface area contributed by atoms with E-state index < -0.39 is 0 Å². The molecule has 0 amide bonds. The lowest BCUT2D eigenvalue weighted by molar-refractivity contribution is 0.821. The zero-order valence-electron chi connectivity index (χ0n) is 14.5. The number of para-hydroxylation sites is 2. The SMILES string of the molecule is Cc1ccccc1-n1c(C)c2cnn(-c3ccccc3)c(=O)c2c1C. The summed E-state index contributed by atoms with van der Waals surface area (Å²) in [6.45, 7) is 6.12. The highest BCUT2D eigenvalue weighted by atomic mass is 16.1. The zero-order valence-corrected chi connectivity index (χ0v) is 14.5. The van der Waals surface area contributed by atoms with Crippen LogP contribution < -0.4 is 5.56 Å². The molecule has 2 heterocycles. The van der Waals surface area contributed by atoms with Crippen LogP contribution in [0.15, 0.2) is 65.6 Å². The first-order valence-electron chi connectivity index (χ1n) is 8.31. The van der Waals surface area contributed by atoms with E-state index in [1.54, 1.807) is 6.20 Å². The molecule has 25 heavy (non-hydrogen) atoms. The number of nitrogens with zero attached hydrogens (tertiary/aromatic N) is 3. The Labute approximate surface area is 146 Å². The number of hydrogen-bond acceptors (Lipinski definition) is 2. The lowest BCUT2D eigenvalue weighted by Gasteiger charge is -2.12. The summed E-state index contributed by atoms with van der Waals surface area (Å²) in [6, 6.07) is 17.7. The van der Waals surface area contributed by atoms with Crippen molar-refractivity contribution in [1.82, 2.24) is 14.3 Å². The first-order valence-corrected chi connectivity index (χ1v) is 8.31. The van der Waals surface area contributed by atoms with Crippen molar-refractivity contribution < 1.29 is 0 Å². The largest absolute Gasteiger partial charge is 0.317 e. The van der Waals surface area contributed by atoms with E-state index in [9.17, 15) is 4.79 Å². The van der Waals surface area contributed by atoms with Crippen molar-refractivity contribution in [2.75, 3.05) is 0 Å². The zero-order chi connectivity index (χ0) is 17.6. The van der Waals surface area contributed by atoms with E-state index in [0.29, 0.717) is 0 Å². The quantitative estimate of drug-likeness (QED) is 0.555. The lowest BCUT2D eigenvalue weighted by Crippen LogP contribution is -2.21. The van der Waals surface area contributed by atoms with Crippen LogP contribution in [0.3, 0.4) is 0 Å². The van der Waals surface area contributed by atoms with E-state index in [-0.39, 0.29) is 5.56 Å². The predicted molar refractivity (Wildman–Crippen MR) is 101 cm³/mol. The third-order valence-corrected chi connectivity index (χ3v) is 4.76. The Morgan fingerprint density at radius 3 is 2.24 bits per heavy atom. The number of aromatic nitrogens is 3. The monoisotopic (exact) mass is 329 g/mol. The molecule has 0 aliphatic heterocycles. The van der Waals surface area contributed by atoms with Gasteiger partial charge in [-0.2, -0.15) is 9.78 Å². The molecule has 0 saturated heterocycles. The second-order valence-electron chi connectivity index (χ2n) is 6.28. The first-order chi connectivity index (χ1) is 12.1. The van der Waals surface area contributed by atoms with Crippen molar-refractivity contribution in [3.8, 4) is 11.4 Å². The first kappa shape index (κ1) is 15.4. The summed E-state index contributed by atoms with van der Waals surface area (Å²) in [6.07, 6.45) is 1.79. The molecule has 0 bridgehead atoms. The second-order valence-corrected chi connectivity index (χ2v) is 6.28. The maximum Gasteiger partial charge on any atom is 0.281 e. The van der Waals surface area contributed by atoms with Gasteiger partial charge < -0.3 is 4.57 Å². The topological polar surface area (TPSA) is 39.8 Å². The van der Waals surface area contributed by atoms with Crippen LogP contribution in [0.5, 0.6) is 0 Å². The van der Waals surface area contributed by atoms with Crippen LogP contribution in [0.4, 0.5) is 0 Å². The maximum atomic E-state index is 13.1. The molecule has 0 N–H and O–H groups in total. The standard InChI is InChI=1S/C21H19N3O/c1-14-9-7-8-12-19(14)23-15(2)18-13-22-24(17-10-5-4-6-11-17)21(25)20(18)16(23)3/h4-13H,1-3H3. The predicted octanol–water partition coefficient (Wildman–Crippen LogP) is 4.10. The third-order valence-electron chi connectivity index (χ3n) is 4.76. The molecule has 0 fully saturated rings. The summed E-state index contributed by atoms with van der Waals surface area (Å²) < 4.78 is 3.62. The van der Waals surface area contributed by atoms with Crippen LogP contribution >= 0.6 is 0 Å². The minimum atomic E-state index is -0.0864. The van der Waals surface area contributed by atoms with Crippen molar-refractivity contribution in [2.45, 2.75) is 20.8 Å². The average molecular weight is 329 g/mol. The van der Waals surface area contributed by atoms with Crippen molar-refractivity contribution in [2.24, 2.45) is 0 Å². The van der Waals surface area contributed by atoms with Crippen LogP contribution in [0, 0.1) is 20.8 Å². The van der Waals surface area contributed by atoms with Crippen molar-refractivity contribution >= 4 is 10.8 Å². The van der Waals surface area contributed by atoms with Gasteiger partial charge in [-0.05, 0) is 44.5 Å². The van der Waals surface area contributed by atoms with Gasteiger partial charge in [0.2, 0.25) is 0 Å². The van der Waals surface area contributed by atoms with E-state index in [4.69, 9.17) is 0 Å². The number of aryl methyl sites for hydroxylation is 3. The Kier molecular flexibility index (Phi) is 3.53. The molecule has 4 heteroatoms. The molecule has 4 aromatic rings. The maximum absolute atomic E-state index is 13.1. The lowest BCUT2D eigenvalue weighted by atomic mass is 10.2. The molecule has 0 aliphatic carbocycles. The molecule has 4 rings (SSSR count). The van der Waals surface area contributed by atoms with E-state index in [1.165, 1.54) is 10.2 Å². The smallest absolute Gasteiger partial charge is 0.281 e. The Bertz CT molecular complexity index is 1140. The van der Waals surface area contributed by atoms with Gasteiger partial charge in [-0.1, -0.05) is 36.4 Å². The van der Waals surface area contributed by atoms with Gasteiger partial charge in [0.25, 0.3) is 5.56 Å². The molecule has 2 aromatic heterocycles. The molecule has 0 unspecified atom stereocenters. The fourth-order valence-electron chi connectivity index (χ4n) is 3.49. The Morgan fingerprint density at radius 1 is 0.840 bits per heavy atom. The fraction of sp³-hybridized carbons (Fsp3) is 0.143. The number of benzene rings is 2. The van der Waals surface area contributed by atoms with Gasteiger partial charge in [0.05, 0.1) is 17.3 Å². The molecule has 2 aromatic carbocycles. The van der Waals surface area contributed by atoms with Gasteiger partial charge in [-0.15, -0.1) is 0 Å². The molecular weight excluding hydrogens is 310 g/mol. The van der Waals surface area contributed by atoms with Crippen LogP contribution in [-0.4, -0.2) is 14.3 Å². The van der Waals surface area contributed by atoms with E-state index >= 15 is 0 Å². The minimum Gasteiger partial charge on any atom is -0.317 e. The van der Waals surface area contributed by atoms with Crippen molar-refractivity contribution in [1.29, 1.82) is 0 Å². The average Bonchev–Trinajstić information content (AvgIpc) is 2.88. The summed E-state index contributed by atoms with van der Waals surface area (Å²) in [5.74, 6) is 0. The number of hydrogen-bond donors (Lipinski definition) is 0. The second kappa shape index (κ2) is 5.74. The molecule has 0 radical (unpaired) electrons. The summed E-state index contributed by atoms with van der Waals surface area (Å²) in [5, 5.41) is 6.02. The Morgan fingerprint density at radius 2 is 1.52 bits per heavy atom. The normalized spacial score (nSPS) is 11.2. The minimum absolute atomic E-state index is 0.0864. The van der Waals surface area contributed by atoms with E-state index in [1.807, 2.05) is 56.3 Å². The fourth-order valence-corrected chi connectivity index (χ4v) is 3.49. The summed E-state index contributed by atoms with van der Waals surface area (Å²) in [5.41, 5.74) is 4.93. The van der Waals surface area contributed by atoms with Gasteiger partial charge >= 0.3 is 0 Å². The summed E-state index contributed by atoms with van der Waals surface area (Å²) in [4.78, 5) is 13.1. The van der Waals surface area contributed by atoms with Crippen LogP contribution in [0.1, 0.15) is 17.0 Å². The van der Waals surface area contributed by atoms with E-state index in [0.717, 1.165) is 33.5 Å². The van der Waals surface area contributed by atoms with Crippen LogP contribution in [-0.2, 0) is 0 Å². The Hall–Kier alpha value is -3.14. The highest BCUT2D eigenvalue weighted by Gasteiger charge is 2.18. The highest BCUT2D eigenvalue weighted by molar-refractivity contribution is 5.88. The van der Waals surface area contributed by atoms with E-state index in [2.05, 4.69) is 28.7 Å². The summed E-state index contributed by atoms with van der Waals surface area (Å²) in [7, 11) is 0. The van der Waals surface area contributed by atoms with Gasteiger partial charge in [0, 0.05) is 22.5 Å². The molecule has 124 valence electrons. The molecule has 0 spiro atoms. The molecular formula is C21H19N3O. The Balaban J connectivity index is 2.06. The van der Waals surface area contributed by atoms with Crippen molar-refractivity contribution in [3.05, 3.63) is 88.1 Å². The molecule has 0 saturated carbocycles. The van der Waals surface area contributed by atoms with Gasteiger partial charge in [0.15, 0.2) is 0 Å². The third kappa shape index (κ3) is 2.30. The number of fused-ring (bicyclic) bond motifs is 1. The molecule has 0 aliphatic rings. The van der Waals surface area contributed by atoms with Crippen molar-refractivity contribution in [3.63, 3.8) is 0 Å². The summed E-state index contributed by atoms with van der Waals surface area (Å²) >= 11 is 0. The van der Waals surface area contributed by atoms with Gasteiger partial charge in [-0.25, -0.2) is 0 Å². The van der Waals surface area contributed by atoms with Crippen LogP contribution in [0.25, 0.3) is 22.1 Å².